The van der Waals surface area contributed by atoms with Crippen LogP contribution in [0.5, 0.6) is 5.75 Å². The van der Waals surface area contributed by atoms with Crippen LogP contribution < -0.4 is 4.74 Å². The fraction of sp³-hybridized carbons (Fsp3) is 0.560. The molecule has 0 unspecified atom stereocenters. The molecule has 1 N–H and O–H groups in total. The third-order valence-electron chi connectivity index (χ3n) is 6.91. The van der Waals surface area contributed by atoms with Gasteiger partial charge in [0.15, 0.2) is 0 Å². The van der Waals surface area contributed by atoms with Gasteiger partial charge in [-0.3, -0.25) is 9.48 Å². The molecule has 8 heteroatoms. The second-order valence-electron chi connectivity index (χ2n) is 9.33. The van der Waals surface area contributed by atoms with Crippen molar-refractivity contribution in [3.8, 4) is 16.9 Å². The molecule has 0 radical (unpaired) electrons. The fourth-order valence-corrected chi connectivity index (χ4v) is 4.63. The number of amides is 1. The number of aliphatic carboxylic acids is 1. The van der Waals surface area contributed by atoms with Gasteiger partial charge in [-0.25, -0.2) is 4.79 Å². The zero-order valence-electron chi connectivity index (χ0n) is 19.4. The van der Waals surface area contributed by atoms with Gasteiger partial charge in [0.1, 0.15) is 12.4 Å². The van der Waals surface area contributed by atoms with Crippen molar-refractivity contribution < 1.29 is 24.2 Å². The van der Waals surface area contributed by atoms with Gasteiger partial charge in [-0.05, 0) is 62.1 Å². The topological polar surface area (TPSA) is 93.9 Å². The maximum atomic E-state index is 12.4. The van der Waals surface area contributed by atoms with Crippen molar-refractivity contribution in [3.05, 3.63) is 36.2 Å². The van der Waals surface area contributed by atoms with Gasteiger partial charge in [0.2, 0.25) is 0 Å². The van der Waals surface area contributed by atoms with Crippen LogP contribution in [0.2, 0.25) is 0 Å². The zero-order valence-corrected chi connectivity index (χ0v) is 19.4. The third-order valence-corrected chi connectivity index (χ3v) is 6.91. The smallest absolute Gasteiger partial charge is 0.409 e. The van der Waals surface area contributed by atoms with E-state index in [9.17, 15) is 14.7 Å². The Balaban J connectivity index is 1.36. The van der Waals surface area contributed by atoms with Crippen LogP contribution in [-0.4, -0.2) is 51.5 Å². The van der Waals surface area contributed by atoms with Crippen LogP contribution in [0.25, 0.3) is 11.1 Å². The molecule has 4 rings (SSSR count). The second kappa shape index (κ2) is 10.3. The van der Waals surface area contributed by atoms with E-state index in [4.69, 9.17) is 9.47 Å². The van der Waals surface area contributed by atoms with Gasteiger partial charge in [-0.2, -0.15) is 5.10 Å². The van der Waals surface area contributed by atoms with Gasteiger partial charge in [0, 0.05) is 26.2 Å². The van der Waals surface area contributed by atoms with E-state index < -0.39 is 5.97 Å². The van der Waals surface area contributed by atoms with Crippen molar-refractivity contribution in [3.63, 3.8) is 0 Å². The van der Waals surface area contributed by atoms with E-state index in [1.165, 1.54) is 19.3 Å². The number of benzene rings is 1. The number of aryl methyl sites for hydroxylation is 1. The molecule has 33 heavy (non-hydrogen) atoms. The van der Waals surface area contributed by atoms with Crippen LogP contribution in [0.1, 0.15) is 50.6 Å². The summed E-state index contributed by atoms with van der Waals surface area (Å²) in [4.78, 5) is 25.3. The summed E-state index contributed by atoms with van der Waals surface area (Å²) in [6.45, 7) is 0.892. The Kier molecular flexibility index (Phi) is 7.20. The summed E-state index contributed by atoms with van der Waals surface area (Å²) in [6, 6.07) is 7.71. The quantitative estimate of drug-likeness (QED) is 0.631. The first-order valence-corrected chi connectivity index (χ1v) is 11.8. The molecule has 2 aliphatic carbocycles. The highest BCUT2D eigenvalue weighted by molar-refractivity contribution is 5.70. The predicted molar refractivity (Wildman–Crippen MR) is 123 cm³/mol. The lowest BCUT2D eigenvalue weighted by atomic mass is 9.85. The van der Waals surface area contributed by atoms with Gasteiger partial charge in [-0.1, -0.05) is 18.6 Å². The summed E-state index contributed by atoms with van der Waals surface area (Å²) in [5, 5.41) is 13.6. The van der Waals surface area contributed by atoms with E-state index in [-0.39, 0.29) is 24.7 Å². The lowest BCUT2D eigenvalue weighted by molar-refractivity contribution is -0.143. The summed E-state index contributed by atoms with van der Waals surface area (Å²) in [5.74, 6) is 0.262. The number of ether oxygens (including phenoxy) is 2. The largest absolute Gasteiger partial charge is 0.490 e. The highest BCUT2D eigenvalue weighted by Gasteiger charge is 2.28. The Morgan fingerprint density at radius 3 is 2.55 bits per heavy atom. The van der Waals surface area contributed by atoms with Crippen molar-refractivity contribution in [2.75, 3.05) is 13.6 Å². The van der Waals surface area contributed by atoms with Crippen LogP contribution in [0.15, 0.2) is 30.5 Å². The van der Waals surface area contributed by atoms with Crippen molar-refractivity contribution in [2.24, 2.45) is 18.9 Å². The normalized spacial score (nSPS) is 20.7. The highest BCUT2D eigenvalue weighted by Crippen LogP contribution is 2.31. The highest BCUT2D eigenvalue weighted by atomic mass is 16.6. The average Bonchev–Trinajstić information content (AvgIpc) is 3.15. The Morgan fingerprint density at radius 1 is 1.15 bits per heavy atom. The fourth-order valence-electron chi connectivity index (χ4n) is 4.63. The third kappa shape index (κ3) is 5.67. The maximum absolute atomic E-state index is 12.4. The summed E-state index contributed by atoms with van der Waals surface area (Å²) >= 11 is 0. The van der Waals surface area contributed by atoms with E-state index in [2.05, 4.69) is 5.10 Å². The monoisotopic (exact) mass is 455 g/mol. The van der Waals surface area contributed by atoms with E-state index >= 15 is 0 Å². The molecule has 0 bridgehead atoms. The molecule has 0 spiro atoms. The van der Waals surface area contributed by atoms with Crippen molar-refractivity contribution in [1.29, 1.82) is 0 Å². The van der Waals surface area contributed by atoms with Gasteiger partial charge < -0.3 is 19.5 Å². The van der Waals surface area contributed by atoms with Crippen LogP contribution in [0.3, 0.4) is 0 Å². The number of carbonyl (C=O) groups is 2. The molecule has 2 atom stereocenters. The molecular weight excluding hydrogens is 422 g/mol. The lowest BCUT2D eigenvalue weighted by Gasteiger charge is -2.29. The van der Waals surface area contributed by atoms with E-state index in [1.54, 1.807) is 22.8 Å². The molecule has 178 valence electrons. The van der Waals surface area contributed by atoms with E-state index in [0.717, 1.165) is 48.4 Å². The number of hydrogen-bond acceptors (Lipinski definition) is 5. The van der Waals surface area contributed by atoms with Crippen molar-refractivity contribution in [2.45, 2.75) is 57.7 Å². The molecule has 1 amide bonds. The minimum Gasteiger partial charge on any atom is -0.490 e. The molecule has 1 heterocycles. The molecular formula is C25H33N3O5. The van der Waals surface area contributed by atoms with E-state index in [1.807, 2.05) is 31.3 Å². The molecule has 2 aromatic rings. The Morgan fingerprint density at radius 2 is 1.88 bits per heavy atom. The first-order valence-electron chi connectivity index (χ1n) is 11.8. The summed E-state index contributed by atoms with van der Waals surface area (Å²) in [5.41, 5.74) is 2.68. The summed E-state index contributed by atoms with van der Waals surface area (Å²) in [6.07, 6.45) is 8.01. The number of carboxylic acid groups (broad SMARTS) is 1. The first-order chi connectivity index (χ1) is 15.9. The molecule has 1 aromatic carbocycles. The molecule has 0 aliphatic heterocycles. The van der Waals surface area contributed by atoms with Crippen LogP contribution in [0.4, 0.5) is 4.79 Å². The zero-order chi connectivity index (χ0) is 23.4. The van der Waals surface area contributed by atoms with Crippen molar-refractivity contribution >= 4 is 12.1 Å². The minimum absolute atomic E-state index is 0.0732. The number of rotatable bonds is 8. The van der Waals surface area contributed by atoms with Crippen LogP contribution in [-0.2, 0) is 23.2 Å². The van der Waals surface area contributed by atoms with Gasteiger partial charge in [0.05, 0.1) is 23.9 Å². The van der Waals surface area contributed by atoms with Gasteiger partial charge in [-0.15, -0.1) is 0 Å². The standard InChI is InChI=1S/C25H33N3O5/c1-27(15-17-5-3-6-17)25(31)32-16-23-22(14-26-28(23)2)18-9-11-20(12-10-18)33-21-8-4-7-19(13-21)24(29)30/h9-12,14,17,19,21H,3-8,13,15-16H2,1-2H3,(H,29,30)/t19-,21-/m0/s1. The molecule has 0 saturated heterocycles. The SMILES string of the molecule is CN(CC1CCC1)C(=O)OCc1c(-c2ccc(O[C@H]3CCC[C@H](C(=O)O)C3)cc2)cnn1C. The Bertz CT molecular complexity index is 967. The predicted octanol–water partition coefficient (Wildman–Crippen LogP) is 4.48. The van der Waals surface area contributed by atoms with Crippen LogP contribution >= 0.6 is 0 Å². The first kappa shape index (κ1) is 23.1. The summed E-state index contributed by atoms with van der Waals surface area (Å²) in [7, 11) is 3.62. The maximum Gasteiger partial charge on any atom is 0.409 e. The number of nitrogens with zero attached hydrogens (tertiary/aromatic N) is 3. The second-order valence-corrected chi connectivity index (χ2v) is 9.33. The molecule has 8 nitrogen and oxygen atoms in total. The number of carboxylic acids is 1. The molecule has 2 fully saturated rings. The Labute approximate surface area is 194 Å². The number of aromatic nitrogens is 2. The Hall–Kier alpha value is -3.03. The van der Waals surface area contributed by atoms with Gasteiger partial charge >= 0.3 is 12.1 Å². The summed E-state index contributed by atoms with van der Waals surface area (Å²) < 4.78 is 13.4. The molecule has 2 aliphatic rings. The van der Waals surface area contributed by atoms with Crippen molar-refractivity contribution in [1.82, 2.24) is 14.7 Å². The number of carbonyl (C=O) groups excluding carboxylic acids is 1. The van der Waals surface area contributed by atoms with E-state index in [0.29, 0.717) is 12.3 Å². The van der Waals surface area contributed by atoms with Crippen LogP contribution in [0, 0.1) is 11.8 Å². The molecule has 2 saturated carbocycles. The lowest BCUT2D eigenvalue weighted by Crippen LogP contribution is -2.34. The molecule has 1 aromatic heterocycles. The average molecular weight is 456 g/mol. The number of hydrogen-bond donors (Lipinski definition) is 1. The van der Waals surface area contributed by atoms with Gasteiger partial charge in [0.25, 0.3) is 0 Å². The minimum atomic E-state index is -0.738.